The molecule has 0 aliphatic heterocycles. The van der Waals surface area contributed by atoms with Gasteiger partial charge in [-0.15, -0.1) is 0 Å². The van der Waals surface area contributed by atoms with E-state index < -0.39 is 0 Å². The fraction of sp³-hybridized carbons (Fsp3) is 0.636. The Bertz CT molecular complexity index is 289. The van der Waals surface area contributed by atoms with Crippen molar-refractivity contribution in [3.63, 3.8) is 0 Å². The molecule has 78 valence electrons. The summed E-state index contributed by atoms with van der Waals surface area (Å²) < 4.78 is 4.69. The lowest BCUT2D eigenvalue weighted by molar-refractivity contribution is -0.143. The average molecular weight is 196 g/mol. The van der Waals surface area contributed by atoms with E-state index in [9.17, 15) is 9.59 Å². The first-order valence-electron chi connectivity index (χ1n) is 4.68. The summed E-state index contributed by atoms with van der Waals surface area (Å²) in [5, 5.41) is 0. The first-order valence-corrected chi connectivity index (χ1v) is 4.68. The number of hydrogen-bond acceptors (Lipinski definition) is 3. The highest BCUT2D eigenvalue weighted by Gasteiger charge is 2.61. The fourth-order valence-electron chi connectivity index (χ4n) is 1.85. The molecule has 3 nitrogen and oxygen atoms in total. The summed E-state index contributed by atoms with van der Waals surface area (Å²) in [5.41, 5.74) is -0.0704. The second-order valence-electron chi connectivity index (χ2n) is 4.32. The Balaban J connectivity index is 2.66. The normalized spacial score (nSPS) is 28.9. The van der Waals surface area contributed by atoms with E-state index in [1.165, 1.54) is 20.1 Å². The lowest BCUT2D eigenvalue weighted by Crippen LogP contribution is -2.07. The molecule has 14 heavy (non-hydrogen) atoms. The van der Waals surface area contributed by atoms with Gasteiger partial charge in [-0.1, -0.05) is 19.9 Å². The monoisotopic (exact) mass is 196 g/mol. The van der Waals surface area contributed by atoms with Crippen LogP contribution in [-0.4, -0.2) is 18.9 Å². The number of allylic oxidation sites excluding steroid dienone is 2. The van der Waals surface area contributed by atoms with Gasteiger partial charge in [-0.05, 0) is 24.3 Å². The molecular formula is C11H16O3. The minimum atomic E-state index is -0.187. The van der Waals surface area contributed by atoms with Gasteiger partial charge in [-0.3, -0.25) is 9.59 Å². The van der Waals surface area contributed by atoms with Crippen molar-refractivity contribution in [1.29, 1.82) is 0 Å². The maximum absolute atomic E-state index is 11.3. The number of ketones is 1. The van der Waals surface area contributed by atoms with E-state index in [1.807, 2.05) is 19.9 Å². The Labute approximate surface area is 84.1 Å². The van der Waals surface area contributed by atoms with E-state index in [1.54, 1.807) is 0 Å². The van der Waals surface area contributed by atoms with Crippen LogP contribution in [0.3, 0.4) is 0 Å². The Morgan fingerprint density at radius 3 is 2.36 bits per heavy atom. The van der Waals surface area contributed by atoms with Gasteiger partial charge in [0.05, 0.1) is 13.0 Å². The molecule has 0 bridgehead atoms. The third-order valence-electron chi connectivity index (χ3n) is 2.90. The Hall–Kier alpha value is -1.12. The lowest BCUT2D eigenvalue weighted by atomic mass is 10.1. The molecule has 2 atom stereocenters. The van der Waals surface area contributed by atoms with E-state index in [-0.39, 0.29) is 29.0 Å². The highest BCUT2D eigenvalue weighted by molar-refractivity contribution is 5.87. The molecular weight excluding hydrogens is 180 g/mol. The van der Waals surface area contributed by atoms with Gasteiger partial charge in [0.1, 0.15) is 0 Å². The number of esters is 1. The van der Waals surface area contributed by atoms with Crippen molar-refractivity contribution in [3.8, 4) is 0 Å². The molecule has 0 N–H and O–H groups in total. The van der Waals surface area contributed by atoms with Crippen LogP contribution >= 0.6 is 0 Å². The fourth-order valence-corrected chi connectivity index (χ4v) is 1.85. The van der Waals surface area contributed by atoms with Gasteiger partial charge in [0.15, 0.2) is 5.78 Å². The van der Waals surface area contributed by atoms with Crippen LogP contribution in [0.5, 0.6) is 0 Å². The third-order valence-corrected chi connectivity index (χ3v) is 2.90. The van der Waals surface area contributed by atoms with Crippen LogP contribution in [0.15, 0.2) is 12.2 Å². The Morgan fingerprint density at radius 2 is 1.93 bits per heavy atom. The van der Waals surface area contributed by atoms with E-state index in [2.05, 4.69) is 4.74 Å². The van der Waals surface area contributed by atoms with Crippen molar-refractivity contribution >= 4 is 11.8 Å². The van der Waals surface area contributed by atoms with Crippen LogP contribution in [0.2, 0.25) is 0 Å². The lowest BCUT2D eigenvalue weighted by Gasteiger charge is -1.98. The molecule has 1 rings (SSSR count). The number of rotatable bonds is 3. The van der Waals surface area contributed by atoms with Gasteiger partial charge in [0.25, 0.3) is 0 Å². The zero-order valence-electron chi connectivity index (χ0n) is 9.03. The van der Waals surface area contributed by atoms with Gasteiger partial charge in [-0.2, -0.15) is 0 Å². The molecule has 0 radical (unpaired) electrons. The van der Waals surface area contributed by atoms with Crippen molar-refractivity contribution in [1.82, 2.24) is 0 Å². The molecule has 0 unspecified atom stereocenters. The maximum atomic E-state index is 11.3. The number of hydrogen-bond donors (Lipinski definition) is 0. The van der Waals surface area contributed by atoms with Crippen LogP contribution in [-0.2, 0) is 14.3 Å². The second-order valence-corrected chi connectivity index (χ2v) is 4.32. The zero-order valence-corrected chi connectivity index (χ0v) is 9.03. The first-order chi connectivity index (χ1) is 6.41. The van der Waals surface area contributed by atoms with E-state index >= 15 is 0 Å². The summed E-state index contributed by atoms with van der Waals surface area (Å²) in [6.07, 6.45) is 3.33. The zero-order chi connectivity index (χ0) is 10.9. The van der Waals surface area contributed by atoms with Crippen molar-refractivity contribution in [2.45, 2.75) is 20.8 Å². The number of carbonyl (C=O) groups excluding carboxylic acids is 2. The molecule has 0 saturated heterocycles. The van der Waals surface area contributed by atoms with E-state index in [0.717, 1.165) is 0 Å². The molecule has 0 heterocycles. The standard InChI is InChI=1S/C11H16O3/c1-7(12)5-6-8-9(10(13)14-4)11(8,2)3/h5-6,8-9H,1-4H3/b6-5+/t8-,9+/m1/s1. The van der Waals surface area contributed by atoms with Crippen molar-refractivity contribution in [2.24, 2.45) is 17.3 Å². The molecule has 0 aromatic carbocycles. The molecule has 1 saturated carbocycles. The van der Waals surface area contributed by atoms with Crippen LogP contribution in [0.1, 0.15) is 20.8 Å². The smallest absolute Gasteiger partial charge is 0.309 e. The first kappa shape index (κ1) is 11.0. The highest BCUT2D eigenvalue weighted by atomic mass is 16.5. The number of ether oxygens (including phenoxy) is 1. The predicted molar refractivity (Wildman–Crippen MR) is 52.6 cm³/mol. The quantitative estimate of drug-likeness (QED) is 0.508. The minimum absolute atomic E-state index is 0.0105. The summed E-state index contributed by atoms with van der Waals surface area (Å²) in [5.74, 6) is -0.133. The summed E-state index contributed by atoms with van der Waals surface area (Å²) in [6, 6.07) is 0. The van der Waals surface area contributed by atoms with Crippen molar-refractivity contribution in [3.05, 3.63) is 12.2 Å². The van der Waals surface area contributed by atoms with E-state index in [4.69, 9.17) is 0 Å². The Kier molecular flexibility index (Phi) is 2.79. The predicted octanol–water partition coefficient (Wildman–Crippen LogP) is 1.58. The molecule has 0 amide bonds. The average Bonchev–Trinajstić information content (AvgIpc) is 2.63. The van der Waals surface area contributed by atoms with Gasteiger partial charge in [-0.25, -0.2) is 0 Å². The molecule has 1 aliphatic carbocycles. The topological polar surface area (TPSA) is 43.4 Å². The summed E-state index contributed by atoms with van der Waals surface area (Å²) >= 11 is 0. The molecule has 1 fully saturated rings. The third kappa shape index (κ3) is 1.86. The molecule has 3 heteroatoms. The molecule has 0 aromatic rings. The Morgan fingerprint density at radius 1 is 1.36 bits per heavy atom. The van der Waals surface area contributed by atoms with Gasteiger partial charge < -0.3 is 4.74 Å². The SMILES string of the molecule is COC(=O)[C@@H]1[C@@H](/C=C/C(C)=O)C1(C)C. The number of carbonyl (C=O) groups is 2. The largest absolute Gasteiger partial charge is 0.469 e. The van der Waals surface area contributed by atoms with Crippen LogP contribution in [0.4, 0.5) is 0 Å². The van der Waals surface area contributed by atoms with Crippen LogP contribution in [0.25, 0.3) is 0 Å². The molecule has 0 spiro atoms. The number of methoxy groups -OCH3 is 1. The summed E-state index contributed by atoms with van der Waals surface area (Å²) in [4.78, 5) is 22.0. The molecule has 1 aliphatic rings. The second kappa shape index (κ2) is 3.56. The maximum Gasteiger partial charge on any atom is 0.309 e. The van der Waals surface area contributed by atoms with Crippen molar-refractivity contribution < 1.29 is 14.3 Å². The van der Waals surface area contributed by atoms with Crippen molar-refractivity contribution in [2.75, 3.05) is 7.11 Å². The van der Waals surface area contributed by atoms with Gasteiger partial charge in [0.2, 0.25) is 0 Å². The highest BCUT2D eigenvalue weighted by Crippen LogP contribution is 2.59. The van der Waals surface area contributed by atoms with Gasteiger partial charge >= 0.3 is 5.97 Å². The summed E-state index contributed by atoms with van der Waals surface area (Å²) in [6.45, 7) is 5.51. The van der Waals surface area contributed by atoms with Crippen LogP contribution < -0.4 is 0 Å². The van der Waals surface area contributed by atoms with E-state index in [0.29, 0.717) is 0 Å². The molecule has 0 aromatic heterocycles. The van der Waals surface area contributed by atoms with Crippen LogP contribution in [0, 0.1) is 17.3 Å². The minimum Gasteiger partial charge on any atom is -0.469 e. The summed E-state index contributed by atoms with van der Waals surface area (Å²) in [7, 11) is 1.39. The van der Waals surface area contributed by atoms with Gasteiger partial charge in [0, 0.05) is 0 Å².